The number of carbonyl (C=O) groups excluding carboxylic acids is 1. The highest BCUT2D eigenvalue weighted by Gasteiger charge is 2.45. The quantitative estimate of drug-likeness (QED) is 0.531. The van der Waals surface area contributed by atoms with Crippen LogP contribution >= 0.6 is 0 Å². The van der Waals surface area contributed by atoms with Crippen molar-refractivity contribution in [2.45, 2.75) is 31.5 Å². The number of aliphatic hydroxyl groups excluding tert-OH is 1. The van der Waals surface area contributed by atoms with Gasteiger partial charge in [0.15, 0.2) is 6.10 Å². The van der Waals surface area contributed by atoms with Crippen LogP contribution in [-0.2, 0) is 9.53 Å². The average Bonchev–Trinajstić information content (AvgIpc) is 2.27. The molecule has 1 rings (SSSR count). The maximum absolute atomic E-state index is 10.7. The van der Waals surface area contributed by atoms with Crippen molar-refractivity contribution in [3.8, 4) is 0 Å². The zero-order chi connectivity index (χ0) is 8.48. The van der Waals surface area contributed by atoms with Crippen LogP contribution in [0.3, 0.4) is 0 Å². The smallest absolute Gasteiger partial charge is 0.309 e. The topological polar surface area (TPSA) is 66.8 Å². The van der Waals surface area contributed by atoms with E-state index in [1.165, 1.54) is 0 Å². The minimum atomic E-state index is -1.15. The van der Waals surface area contributed by atoms with Crippen molar-refractivity contribution in [2.24, 2.45) is 0 Å². The SMILES string of the molecule is CCC1(O)CC(=O)OC1CO. The second-order valence-corrected chi connectivity index (χ2v) is 2.79. The highest BCUT2D eigenvalue weighted by Crippen LogP contribution is 2.29. The summed E-state index contributed by atoms with van der Waals surface area (Å²) in [4.78, 5) is 10.7. The molecule has 0 aromatic carbocycles. The summed E-state index contributed by atoms with van der Waals surface area (Å²) < 4.78 is 4.68. The third-order valence-corrected chi connectivity index (χ3v) is 2.10. The normalized spacial score (nSPS) is 37.4. The number of hydrogen-bond acceptors (Lipinski definition) is 4. The van der Waals surface area contributed by atoms with Crippen molar-refractivity contribution in [1.82, 2.24) is 0 Å². The summed E-state index contributed by atoms with van der Waals surface area (Å²) in [7, 11) is 0. The molecule has 1 aliphatic rings. The average molecular weight is 160 g/mol. The molecule has 4 heteroatoms. The van der Waals surface area contributed by atoms with Gasteiger partial charge in [-0.15, -0.1) is 0 Å². The first-order valence-electron chi connectivity index (χ1n) is 3.65. The van der Waals surface area contributed by atoms with E-state index in [9.17, 15) is 9.90 Å². The molecule has 64 valence electrons. The van der Waals surface area contributed by atoms with Crippen LogP contribution in [0.1, 0.15) is 19.8 Å². The lowest BCUT2D eigenvalue weighted by atomic mass is 9.93. The van der Waals surface area contributed by atoms with Gasteiger partial charge in [-0.1, -0.05) is 6.92 Å². The highest BCUT2D eigenvalue weighted by molar-refractivity contribution is 5.73. The monoisotopic (exact) mass is 160 g/mol. The molecule has 1 saturated heterocycles. The molecule has 0 radical (unpaired) electrons. The molecule has 0 saturated carbocycles. The van der Waals surface area contributed by atoms with Crippen molar-refractivity contribution in [2.75, 3.05) is 6.61 Å². The van der Waals surface area contributed by atoms with Gasteiger partial charge in [0.25, 0.3) is 0 Å². The van der Waals surface area contributed by atoms with Gasteiger partial charge in [0.1, 0.15) is 5.60 Å². The van der Waals surface area contributed by atoms with E-state index < -0.39 is 17.7 Å². The van der Waals surface area contributed by atoms with Gasteiger partial charge < -0.3 is 14.9 Å². The maximum Gasteiger partial charge on any atom is 0.309 e. The Morgan fingerprint density at radius 2 is 2.45 bits per heavy atom. The van der Waals surface area contributed by atoms with E-state index in [0.717, 1.165) is 0 Å². The van der Waals surface area contributed by atoms with Crippen molar-refractivity contribution >= 4 is 5.97 Å². The van der Waals surface area contributed by atoms with Crippen LogP contribution in [0.2, 0.25) is 0 Å². The zero-order valence-corrected chi connectivity index (χ0v) is 6.41. The predicted octanol–water partition coefficient (Wildman–Crippen LogP) is -0.565. The van der Waals surface area contributed by atoms with Gasteiger partial charge in [0.05, 0.1) is 13.0 Å². The number of carbonyl (C=O) groups is 1. The van der Waals surface area contributed by atoms with E-state index in [4.69, 9.17) is 5.11 Å². The molecule has 0 spiro atoms. The largest absolute Gasteiger partial charge is 0.457 e. The first-order valence-corrected chi connectivity index (χ1v) is 3.65. The van der Waals surface area contributed by atoms with Gasteiger partial charge in [-0.2, -0.15) is 0 Å². The second-order valence-electron chi connectivity index (χ2n) is 2.79. The van der Waals surface area contributed by atoms with E-state index in [-0.39, 0.29) is 13.0 Å². The Bertz CT molecular complexity index is 168. The summed E-state index contributed by atoms with van der Waals surface area (Å²) >= 11 is 0. The summed E-state index contributed by atoms with van der Waals surface area (Å²) in [5, 5.41) is 18.3. The number of cyclic esters (lactones) is 1. The maximum atomic E-state index is 10.7. The fraction of sp³-hybridized carbons (Fsp3) is 0.857. The molecule has 1 aliphatic heterocycles. The van der Waals surface area contributed by atoms with Crippen molar-refractivity contribution in [3.63, 3.8) is 0 Å². The minimum Gasteiger partial charge on any atom is -0.457 e. The molecule has 0 amide bonds. The predicted molar refractivity (Wildman–Crippen MR) is 36.8 cm³/mol. The van der Waals surface area contributed by atoms with E-state index in [1.54, 1.807) is 6.92 Å². The molecular weight excluding hydrogens is 148 g/mol. The molecule has 1 fully saturated rings. The van der Waals surface area contributed by atoms with Gasteiger partial charge in [-0.3, -0.25) is 4.79 Å². The lowest BCUT2D eigenvalue weighted by Gasteiger charge is -2.23. The third-order valence-electron chi connectivity index (χ3n) is 2.10. The molecule has 4 nitrogen and oxygen atoms in total. The second kappa shape index (κ2) is 2.79. The van der Waals surface area contributed by atoms with Gasteiger partial charge in [0, 0.05) is 0 Å². The molecule has 1 heterocycles. The van der Waals surface area contributed by atoms with Crippen LogP contribution in [0.25, 0.3) is 0 Å². The Labute approximate surface area is 64.8 Å². The Hall–Kier alpha value is -0.610. The zero-order valence-electron chi connectivity index (χ0n) is 6.41. The van der Waals surface area contributed by atoms with Crippen LogP contribution < -0.4 is 0 Å². The fourth-order valence-electron chi connectivity index (χ4n) is 1.23. The number of rotatable bonds is 2. The number of hydrogen-bond donors (Lipinski definition) is 2. The molecule has 2 N–H and O–H groups in total. The Balaban J connectivity index is 2.71. The van der Waals surface area contributed by atoms with Crippen molar-refractivity contribution in [3.05, 3.63) is 0 Å². The summed E-state index contributed by atoms with van der Waals surface area (Å²) in [6, 6.07) is 0. The van der Waals surface area contributed by atoms with Gasteiger partial charge in [0.2, 0.25) is 0 Å². The lowest BCUT2D eigenvalue weighted by molar-refractivity contribution is -0.144. The van der Waals surface area contributed by atoms with Gasteiger partial charge in [-0.25, -0.2) is 0 Å². The van der Waals surface area contributed by atoms with E-state index in [1.807, 2.05) is 0 Å². The minimum absolute atomic E-state index is 0.00523. The molecule has 0 bridgehead atoms. The Morgan fingerprint density at radius 3 is 2.82 bits per heavy atom. The highest BCUT2D eigenvalue weighted by atomic mass is 16.6. The number of esters is 1. The first-order chi connectivity index (χ1) is 5.12. The summed E-state index contributed by atoms with van der Waals surface area (Å²) in [6.45, 7) is 1.45. The number of aliphatic hydroxyl groups is 2. The lowest BCUT2D eigenvalue weighted by Crippen LogP contribution is -2.39. The van der Waals surface area contributed by atoms with Crippen molar-refractivity contribution < 1.29 is 19.7 Å². The molecule has 11 heavy (non-hydrogen) atoms. The molecule has 0 aromatic rings. The molecule has 0 aliphatic carbocycles. The number of ether oxygens (including phenoxy) is 1. The Kier molecular flexibility index (Phi) is 2.15. The van der Waals surface area contributed by atoms with Crippen LogP contribution in [0.4, 0.5) is 0 Å². The standard InChI is InChI=1S/C7H12O4/c1-2-7(10)3-6(9)11-5(7)4-8/h5,8,10H,2-4H2,1H3. The molecule has 2 unspecified atom stereocenters. The van der Waals surface area contributed by atoms with E-state index >= 15 is 0 Å². The summed E-state index contributed by atoms with van der Waals surface area (Å²) in [5.41, 5.74) is -1.15. The van der Waals surface area contributed by atoms with Gasteiger partial charge in [-0.05, 0) is 6.42 Å². The van der Waals surface area contributed by atoms with Crippen LogP contribution in [0.15, 0.2) is 0 Å². The van der Waals surface area contributed by atoms with Crippen molar-refractivity contribution in [1.29, 1.82) is 0 Å². The molecule has 0 aromatic heterocycles. The molecular formula is C7H12O4. The van der Waals surface area contributed by atoms with E-state index in [0.29, 0.717) is 6.42 Å². The summed E-state index contributed by atoms with van der Waals surface area (Å²) in [5.74, 6) is -0.437. The van der Waals surface area contributed by atoms with Crippen LogP contribution in [0.5, 0.6) is 0 Å². The van der Waals surface area contributed by atoms with Gasteiger partial charge >= 0.3 is 5.97 Å². The van der Waals surface area contributed by atoms with Crippen LogP contribution in [-0.4, -0.2) is 34.5 Å². The first kappa shape index (κ1) is 8.49. The van der Waals surface area contributed by atoms with Crippen LogP contribution in [0, 0.1) is 0 Å². The molecule has 2 atom stereocenters. The fourth-order valence-corrected chi connectivity index (χ4v) is 1.23. The third kappa shape index (κ3) is 1.36. The summed E-state index contributed by atoms with van der Waals surface area (Å²) in [6.07, 6.45) is -0.321. The van der Waals surface area contributed by atoms with E-state index in [2.05, 4.69) is 4.74 Å². The Morgan fingerprint density at radius 1 is 1.82 bits per heavy atom.